The van der Waals surface area contributed by atoms with E-state index in [0.29, 0.717) is 18.9 Å². The molecule has 0 radical (unpaired) electrons. The molecule has 0 bridgehead atoms. The van der Waals surface area contributed by atoms with Crippen molar-refractivity contribution in [3.63, 3.8) is 0 Å². The lowest BCUT2D eigenvalue weighted by atomic mass is 10.0. The topological polar surface area (TPSA) is 66.5 Å². The van der Waals surface area contributed by atoms with Crippen LogP contribution >= 0.6 is 0 Å². The predicted octanol–water partition coefficient (Wildman–Crippen LogP) is 0.800. The molecule has 6 heteroatoms. The van der Waals surface area contributed by atoms with Gasteiger partial charge in [-0.1, -0.05) is 0 Å². The first kappa shape index (κ1) is 15.8. The monoisotopic (exact) mass is 302 g/mol. The van der Waals surface area contributed by atoms with E-state index in [2.05, 4.69) is 5.32 Å². The molecular weight excluding hydrogens is 276 g/mol. The van der Waals surface area contributed by atoms with Gasteiger partial charge in [0, 0.05) is 25.0 Å². The quantitative estimate of drug-likeness (QED) is 0.816. The van der Waals surface area contributed by atoms with Crippen molar-refractivity contribution in [1.82, 2.24) is 10.2 Å². The number of amides is 1. The van der Waals surface area contributed by atoms with Gasteiger partial charge in [0.25, 0.3) is 0 Å². The highest BCUT2D eigenvalue weighted by atomic mass is 32.2. The largest absolute Gasteiger partial charge is 0.339 e. The van der Waals surface area contributed by atoms with E-state index in [9.17, 15) is 13.2 Å². The van der Waals surface area contributed by atoms with Gasteiger partial charge in [0.05, 0.1) is 11.5 Å². The van der Waals surface area contributed by atoms with Crippen molar-refractivity contribution >= 4 is 15.7 Å². The van der Waals surface area contributed by atoms with E-state index < -0.39 is 9.84 Å². The van der Waals surface area contributed by atoms with E-state index in [4.69, 9.17) is 0 Å². The molecule has 2 aliphatic rings. The van der Waals surface area contributed by atoms with E-state index in [1.165, 1.54) is 6.42 Å². The Morgan fingerprint density at radius 2 is 2.10 bits per heavy atom. The molecule has 0 spiro atoms. The van der Waals surface area contributed by atoms with E-state index >= 15 is 0 Å². The SMILES string of the molecule is CC(C)N(CC1CCCN1)C(=O)CC1CCS(=O)(=O)C1. The summed E-state index contributed by atoms with van der Waals surface area (Å²) in [4.78, 5) is 14.4. The predicted molar refractivity (Wildman–Crippen MR) is 79.3 cm³/mol. The highest BCUT2D eigenvalue weighted by molar-refractivity contribution is 7.91. The molecule has 2 unspecified atom stereocenters. The van der Waals surface area contributed by atoms with Crippen molar-refractivity contribution in [1.29, 1.82) is 0 Å². The Kier molecular flexibility index (Phi) is 5.07. The zero-order valence-corrected chi connectivity index (χ0v) is 13.3. The molecule has 0 saturated carbocycles. The van der Waals surface area contributed by atoms with Crippen LogP contribution in [0.3, 0.4) is 0 Å². The first-order valence-electron chi connectivity index (χ1n) is 7.60. The third kappa shape index (κ3) is 4.19. The summed E-state index contributed by atoms with van der Waals surface area (Å²) in [6.45, 7) is 5.83. The molecule has 5 nitrogen and oxygen atoms in total. The van der Waals surface area contributed by atoms with Crippen LogP contribution in [-0.4, -0.2) is 55.9 Å². The van der Waals surface area contributed by atoms with E-state index in [1.807, 2.05) is 18.7 Å². The van der Waals surface area contributed by atoms with Crippen LogP contribution in [0.5, 0.6) is 0 Å². The molecule has 2 fully saturated rings. The smallest absolute Gasteiger partial charge is 0.223 e. The van der Waals surface area contributed by atoms with Crippen molar-refractivity contribution in [3.8, 4) is 0 Å². The van der Waals surface area contributed by atoms with Crippen molar-refractivity contribution in [3.05, 3.63) is 0 Å². The van der Waals surface area contributed by atoms with Gasteiger partial charge in [0.2, 0.25) is 5.91 Å². The van der Waals surface area contributed by atoms with Crippen molar-refractivity contribution in [2.24, 2.45) is 5.92 Å². The second-order valence-corrected chi connectivity index (χ2v) is 8.64. The second kappa shape index (κ2) is 6.43. The van der Waals surface area contributed by atoms with Gasteiger partial charge in [-0.15, -0.1) is 0 Å². The summed E-state index contributed by atoms with van der Waals surface area (Å²) in [7, 11) is -2.89. The molecule has 0 aromatic rings. The summed E-state index contributed by atoms with van der Waals surface area (Å²) in [5.41, 5.74) is 0. The minimum Gasteiger partial charge on any atom is -0.339 e. The Labute approximate surface area is 122 Å². The minimum atomic E-state index is -2.89. The number of carbonyl (C=O) groups excluding carboxylic acids is 1. The lowest BCUT2D eigenvalue weighted by molar-refractivity contribution is -0.134. The van der Waals surface area contributed by atoms with Crippen LogP contribution in [0.25, 0.3) is 0 Å². The minimum absolute atomic E-state index is 0.0188. The lowest BCUT2D eigenvalue weighted by Gasteiger charge is -2.30. The van der Waals surface area contributed by atoms with Crippen molar-refractivity contribution in [2.45, 2.75) is 51.6 Å². The fourth-order valence-electron chi connectivity index (χ4n) is 3.15. The second-order valence-electron chi connectivity index (χ2n) is 6.41. The Balaban J connectivity index is 1.90. The van der Waals surface area contributed by atoms with Crippen molar-refractivity contribution < 1.29 is 13.2 Å². The van der Waals surface area contributed by atoms with Crippen LogP contribution in [0.15, 0.2) is 0 Å². The maximum atomic E-state index is 12.4. The van der Waals surface area contributed by atoms with Crippen LogP contribution in [0.4, 0.5) is 0 Å². The van der Waals surface area contributed by atoms with Crippen LogP contribution in [0.2, 0.25) is 0 Å². The van der Waals surface area contributed by atoms with Gasteiger partial charge in [-0.05, 0) is 45.6 Å². The third-order valence-electron chi connectivity index (χ3n) is 4.31. The van der Waals surface area contributed by atoms with Gasteiger partial charge in [-0.2, -0.15) is 0 Å². The van der Waals surface area contributed by atoms with E-state index in [-0.39, 0.29) is 29.4 Å². The Morgan fingerprint density at radius 3 is 2.60 bits per heavy atom. The lowest BCUT2D eigenvalue weighted by Crippen LogP contribution is -2.45. The maximum absolute atomic E-state index is 12.4. The molecule has 116 valence electrons. The average molecular weight is 302 g/mol. The van der Waals surface area contributed by atoms with Crippen LogP contribution in [0.1, 0.15) is 39.5 Å². The fraction of sp³-hybridized carbons (Fsp3) is 0.929. The van der Waals surface area contributed by atoms with Crippen molar-refractivity contribution in [2.75, 3.05) is 24.6 Å². The molecule has 2 saturated heterocycles. The van der Waals surface area contributed by atoms with E-state index in [0.717, 1.165) is 19.5 Å². The summed E-state index contributed by atoms with van der Waals surface area (Å²) < 4.78 is 22.9. The molecule has 0 aromatic carbocycles. The maximum Gasteiger partial charge on any atom is 0.223 e. The molecule has 2 aliphatic heterocycles. The normalized spacial score (nSPS) is 28.9. The molecule has 0 aliphatic carbocycles. The molecule has 1 N–H and O–H groups in total. The standard InChI is InChI=1S/C14H26N2O3S/c1-11(2)16(9-13-4-3-6-15-13)14(17)8-12-5-7-20(18,19)10-12/h11-13,15H,3-10H2,1-2H3. The number of carbonyl (C=O) groups is 1. The van der Waals surface area contributed by atoms with Gasteiger partial charge in [0.15, 0.2) is 9.84 Å². The number of rotatable bonds is 5. The summed E-state index contributed by atoms with van der Waals surface area (Å²) in [6.07, 6.45) is 3.31. The highest BCUT2D eigenvalue weighted by Gasteiger charge is 2.32. The Bertz CT molecular complexity index is 441. The fourth-order valence-corrected chi connectivity index (χ4v) is 5.01. The molecule has 0 aromatic heterocycles. The van der Waals surface area contributed by atoms with Gasteiger partial charge in [-0.3, -0.25) is 4.79 Å². The number of hydrogen-bond donors (Lipinski definition) is 1. The molecule has 1 amide bonds. The Morgan fingerprint density at radius 1 is 1.35 bits per heavy atom. The third-order valence-corrected chi connectivity index (χ3v) is 6.15. The molecule has 2 atom stereocenters. The zero-order valence-electron chi connectivity index (χ0n) is 12.5. The molecule has 2 rings (SSSR count). The summed E-state index contributed by atoms with van der Waals surface area (Å²) in [5.74, 6) is 0.560. The molecule has 20 heavy (non-hydrogen) atoms. The first-order valence-corrected chi connectivity index (χ1v) is 9.43. The summed E-state index contributed by atoms with van der Waals surface area (Å²) in [5, 5.41) is 3.41. The van der Waals surface area contributed by atoms with Gasteiger partial charge >= 0.3 is 0 Å². The number of nitrogens with zero attached hydrogens (tertiary/aromatic N) is 1. The zero-order chi connectivity index (χ0) is 14.8. The molecular formula is C14H26N2O3S. The summed E-state index contributed by atoms with van der Waals surface area (Å²) >= 11 is 0. The van der Waals surface area contributed by atoms with Crippen LogP contribution < -0.4 is 5.32 Å². The number of sulfone groups is 1. The van der Waals surface area contributed by atoms with Gasteiger partial charge < -0.3 is 10.2 Å². The Hall–Kier alpha value is -0.620. The van der Waals surface area contributed by atoms with E-state index in [1.54, 1.807) is 0 Å². The van der Waals surface area contributed by atoms with Gasteiger partial charge in [-0.25, -0.2) is 8.42 Å². The first-order chi connectivity index (χ1) is 9.37. The highest BCUT2D eigenvalue weighted by Crippen LogP contribution is 2.23. The molecule has 2 heterocycles. The average Bonchev–Trinajstić information content (AvgIpc) is 2.95. The summed E-state index contributed by atoms with van der Waals surface area (Å²) in [6, 6.07) is 0.566. The number of hydrogen-bond acceptors (Lipinski definition) is 4. The van der Waals surface area contributed by atoms with Gasteiger partial charge in [0.1, 0.15) is 0 Å². The number of nitrogens with one attached hydrogen (secondary N) is 1. The van der Waals surface area contributed by atoms with Crippen LogP contribution in [-0.2, 0) is 14.6 Å². The van der Waals surface area contributed by atoms with Crippen LogP contribution in [0, 0.1) is 5.92 Å².